The predicted octanol–water partition coefficient (Wildman–Crippen LogP) is 10.0. The smallest absolute Gasteiger partial charge is 0.417 e. The van der Waals surface area contributed by atoms with Crippen LogP contribution < -0.4 is 20.4 Å². The molecule has 0 aromatic heterocycles. The van der Waals surface area contributed by atoms with Crippen molar-refractivity contribution in [1.29, 1.82) is 10.5 Å². The molecule has 0 radical (unpaired) electrons. The Balaban J connectivity index is 0.000000243. The Morgan fingerprint density at radius 3 is 1.37 bits per heavy atom. The number of nitrogens with one attached hydrogen (secondary N) is 2. The molecule has 5 heterocycles. The molecular formula is C71H90F6N12O9S2. The average molecular weight is 1430 g/mol. The first-order chi connectivity index (χ1) is 47.1. The number of carboxylic acid groups (broad SMARTS) is 1. The Kier molecular flexibility index (Phi) is 24.6. The van der Waals surface area contributed by atoms with Crippen molar-refractivity contribution in [1.82, 2.24) is 34.7 Å². The van der Waals surface area contributed by atoms with Gasteiger partial charge in [-0.15, -0.1) is 0 Å². The molecule has 5 amide bonds. The molecular weight excluding hydrogens is 1340 g/mol. The van der Waals surface area contributed by atoms with Crippen LogP contribution in [0.15, 0.2) is 60.7 Å². The second kappa shape index (κ2) is 32.0. The highest BCUT2D eigenvalue weighted by atomic mass is 32.1. The van der Waals surface area contributed by atoms with Crippen LogP contribution in [0.3, 0.4) is 0 Å². The Bertz CT molecular complexity index is 3600. The van der Waals surface area contributed by atoms with Gasteiger partial charge in [-0.1, -0.05) is 12.1 Å². The van der Waals surface area contributed by atoms with Crippen molar-refractivity contribution in [3.8, 4) is 12.1 Å². The van der Waals surface area contributed by atoms with Crippen LogP contribution in [0.1, 0.15) is 166 Å². The zero-order valence-corrected chi connectivity index (χ0v) is 59.4. The molecule has 100 heavy (non-hydrogen) atoms. The number of rotatable bonds is 20. The summed E-state index contributed by atoms with van der Waals surface area (Å²) in [4.78, 5) is 90.0. The number of anilines is 3. The van der Waals surface area contributed by atoms with Gasteiger partial charge in [-0.3, -0.25) is 63.5 Å². The summed E-state index contributed by atoms with van der Waals surface area (Å²) in [5, 5.41) is 33.1. The van der Waals surface area contributed by atoms with Crippen molar-refractivity contribution < 1.29 is 69.7 Å². The SMILES string of the molecule is C[C@@H]1CN(CCOC2CCC(N3C(=S)N(c4ccc(C#N)c(C(F)(F)F)c4)C(=O)C3(C)C)CC2)C[C@H](C)N1CCC(=O)Nc1ccc(C2CCC(=O)NC2=O)cc1.C[C@@H]1CN(CCOC2CCC(N3C(=S)N(c4ccc(C#N)c(C(F)(F)F)c4)C(=O)C3(C)C)CC2)C[C@H](C)N1CCC(=O)O. The van der Waals surface area contributed by atoms with Crippen molar-refractivity contribution >= 4 is 87.2 Å². The van der Waals surface area contributed by atoms with E-state index in [1.165, 1.54) is 17.0 Å². The molecule has 7 fully saturated rings. The molecule has 0 bridgehead atoms. The van der Waals surface area contributed by atoms with Crippen molar-refractivity contribution in [2.75, 3.05) is 80.7 Å². The highest BCUT2D eigenvalue weighted by molar-refractivity contribution is 7.80. The lowest BCUT2D eigenvalue weighted by Gasteiger charge is -2.44. The van der Waals surface area contributed by atoms with Gasteiger partial charge in [0.05, 0.1) is 83.5 Å². The number of piperazine rings is 2. The second-order valence-electron chi connectivity index (χ2n) is 28.4. The number of alkyl halides is 6. The van der Waals surface area contributed by atoms with Gasteiger partial charge in [-0.2, -0.15) is 36.9 Å². The number of hydrogen-bond donors (Lipinski definition) is 3. The molecule has 7 aliphatic rings. The Labute approximate surface area is 591 Å². The molecule has 29 heteroatoms. The molecule has 0 spiro atoms. The molecule has 21 nitrogen and oxygen atoms in total. The maximum Gasteiger partial charge on any atom is 0.417 e. The Morgan fingerprint density at radius 2 is 1.00 bits per heavy atom. The summed E-state index contributed by atoms with van der Waals surface area (Å²) in [5.41, 5.74) is -3.86. The van der Waals surface area contributed by atoms with E-state index in [2.05, 4.69) is 57.9 Å². The minimum Gasteiger partial charge on any atom is -0.481 e. The number of halogens is 6. The number of aliphatic carboxylic acids is 1. The lowest BCUT2D eigenvalue weighted by atomic mass is 9.89. The third kappa shape index (κ3) is 17.6. The predicted molar refractivity (Wildman–Crippen MR) is 370 cm³/mol. The van der Waals surface area contributed by atoms with Crippen LogP contribution >= 0.6 is 24.4 Å². The van der Waals surface area contributed by atoms with E-state index < -0.39 is 63.5 Å². The third-order valence-electron chi connectivity index (χ3n) is 20.7. The summed E-state index contributed by atoms with van der Waals surface area (Å²) in [6.45, 7) is 22.8. The first-order valence-corrected chi connectivity index (χ1v) is 35.2. The van der Waals surface area contributed by atoms with Gasteiger partial charge in [0.25, 0.3) is 11.8 Å². The van der Waals surface area contributed by atoms with Crippen LogP contribution in [0.2, 0.25) is 0 Å². The monoisotopic (exact) mass is 1430 g/mol. The third-order valence-corrected chi connectivity index (χ3v) is 21.5. The number of imide groups is 1. The van der Waals surface area contributed by atoms with Crippen LogP contribution in [0.5, 0.6) is 0 Å². The van der Waals surface area contributed by atoms with Gasteiger partial charge in [0.15, 0.2) is 10.2 Å². The lowest BCUT2D eigenvalue weighted by molar-refractivity contribution is -0.138. The number of carbonyl (C=O) groups excluding carboxylic acids is 5. The molecule has 5 saturated heterocycles. The summed E-state index contributed by atoms with van der Waals surface area (Å²) in [7, 11) is 0. The molecule has 3 N–H and O–H groups in total. The van der Waals surface area contributed by atoms with E-state index in [-0.39, 0.29) is 100 Å². The number of thiocarbonyl (C=S) groups is 2. The van der Waals surface area contributed by atoms with Crippen LogP contribution in [0.25, 0.3) is 0 Å². The quantitative estimate of drug-likeness (QED) is 0.0542. The van der Waals surface area contributed by atoms with Crippen molar-refractivity contribution in [2.45, 2.75) is 210 Å². The van der Waals surface area contributed by atoms with Crippen molar-refractivity contribution in [2.24, 2.45) is 0 Å². The standard InChI is InChI=1S/C41H50F3N7O5S.C30H40F3N5O4S/c1-25-23-48(24-26(2)49(25)18-17-36(53)46-29-8-5-27(6-9-29)33-15-16-35(52)47-37(33)54)19-20-56-32-13-11-30(12-14-32)51-39(57)50(38(55)40(51,3)4)31-10-7-28(22-45)34(21-31)41(42,43)44;1-19-17-35(18-20(2)36(19)12-11-26(39)40)13-14-42-24-9-7-22(8-10-24)38-28(43)37(27(41)29(38,3)4)23-6-5-21(16-34)25(15-23)30(31,32)33/h5-10,21,25-26,30,32-33H,11-20,23-24H2,1-4H3,(H,46,53)(H,47,52,54);5-6,15,19-20,22,24H,7-14,17-18H2,1-4H3,(H,39,40)/t25-,26+,30?,32?,33?;19-,20+,22?,24?. The van der Waals surface area contributed by atoms with Crippen molar-refractivity contribution in [3.63, 3.8) is 0 Å². The van der Waals surface area contributed by atoms with Gasteiger partial charge in [0.1, 0.15) is 11.1 Å². The molecule has 5 atom stereocenters. The number of nitriles is 2. The average Bonchev–Trinajstić information content (AvgIpc) is 1.59. The first kappa shape index (κ1) is 76.9. The molecule has 2 saturated carbocycles. The minimum absolute atomic E-state index is 0.000255. The van der Waals surface area contributed by atoms with Crippen LogP contribution in [-0.4, -0.2) is 205 Å². The molecule has 3 aromatic rings. The fraction of sp³-hybridized carbons (Fsp3) is 0.606. The number of nitrogens with zero attached hydrogens (tertiary/aromatic N) is 10. The summed E-state index contributed by atoms with van der Waals surface area (Å²) in [5.74, 6) is -2.59. The summed E-state index contributed by atoms with van der Waals surface area (Å²) >= 11 is 11.4. The number of ether oxygens (including phenoxy) is 2. The Morgan fingerprint density at radius 1 is 0.600 bits per heavy atom. The van der Waals surface area contributed by atoms with Gasteiger partial charge in [0.2, 0.25) is 17.7 Å². The maximum atomic E-state index is 13.7. The number of benzene rings is 3. The number of carbonyl (C=O) groups is 6. The van der Waals surface area contributed by atoms with E-state index in [4.69, 9.17) is 44.3 Å². The number of carboxylic acids is 1. The summed E-state index contributed by atoms with van der Waals surface area (Å²) in [6, 6.07) is 17.7. The largest absolute Gasteiger partial charge is 0.481 e. The van der Waals surface area contributed by atoms with Crippen LogP contribution in [0, 0.1) is 22.7 Å². The van der Waals surface area contributed by atoms with Gasteiger partial charge in [-0.05, 0) is 192 Å². The molecule has 542 valence electrons. The summed E-state index contributed by atoms with van der Waals surface area (Å²) < 4.78 is 94.6. The first-order valence-electron chi connectivity index (χ1n) is 34.4. The van der Waals surface area contributed by atoms with Crippen LogP contribution in [0.4, 0.5) is 43.4 Å². The molecule has 1 unspecified atom stereocenters. The normalized spacial score (nSPS) is 26.5. The highest BCUT2D eigenvalue weighted by Gasteiger charge is 2.55. The van der Waals surface area contributed by atoms with Gasteiger partial charge in [0, 0.05) is 107 Å². The van der Waals surface area contributed by atoms with E-state index in [1.54, 1.807) is 52.0 Å². The second-order valence-corrected chi connectivity index (χ2v) is 29.2. The molecule has 5 aliphatic heterocycles. The molecule has 2 aliphatic carbocycles. The zero-order valence-electron chi connectivity index (χ0n) is 57.8. The van der Waals surface area contributed by atoms with E-state index in [0.29, 0.717) is 64.1 Å². The van der Waals surface area contributed by atoms with Gasteiger partial charge in [-0.25, -0.2) is 0 Å². The fourth-order valence-corrected chi connectivity index (χ4v) is 16.7. The topological polar surface area (TPSA) is 239 Å². The number of amides is 5. The lowest BCUT2D eigenvalue weighted by Crippen LogP contribution is -2.57. The van der Waals surface area contributed by atoms with E-state index in [1.807, 2.05) is 21.9 Å². The molecule has 3 aromatic carbocycles. The minimum atomic E-state index is -4.76. The van der Waals surface area contributed by atoms with Gasteiger partial charge < -0.3 is 29.7 Å². The number of hydrogen-bond acceptors (Lipinski definition) is 16. The van der Waals surface area contributed by atoms with E-state index >= 15 is 0 Å². The van der Waals surface area contributed by atoms with Crippen molar-refractivity contribution in [3.05, 3.63) is 88.5 Å². The maximum absolute atomic E-state index is 13.7. The zero-order chi connectivity index (χ0) is 72.9. The molecule has 10 rings (SSSR count). The fourth-order valence-electron chi connectivity index (χ4n) is 15.6. The summed E-state index contributed by atoms with van der Waals surface area (Å²) in [6.07, 6.45) is -2.16. The number of piperidine rings is 1. The van der Waals surface area contributed by atoms with E-state index in [9.17, 15) is 60.4 Å². The van der Waals surface area contributed by atoms with Gasteiger partial charge >= 0.3 is 18.3 Å². The van der Waals surface area contributed by atoms with Crippen LogP contribution in [-0.2, 0) is 50.6 Å². The van der Waals surface area contributed by atoms with E-state index in [0.717, 1.165) is 113 Å². The highest BCUT2D eigenvalue weighted by Crippen LogP contribution is 2.44. The Hall–Kier alpha value is -7.22.